The van der Waals surface area contributed by atoms with Crippen LogP contribution in [0.1, 0.15) is 25.0 Å². The number of hydrogen-bond donors (Lipinski definition) is 0. The predicted octanol–water partition coefficient (Wildman–Crippen LogP) is 11.5. The van der Waals surface area contributed by atoms with Gasteiger partial charge in [-0.05, 0) is 68.1 Å². The van der Waals surface area contributed by atoms with E-state index in [0.717, 1.165) is 59.9 Å². The van der Waals surface area contributed by atoms with Crippen molar-refractivity contribution in [1.82, 2.24) is 4.57 Å². The molecule has 1 aliphatic carbocycles. The van der Waals surface area contributed by atoms with Crippen LogP contribution in [0.4, 0.5) is 0 Å². The smallest absolute Gasteiger partial charge is 0.174 e. The fourth-order valence-corrected chi connectivity index (χ4v) is 12.7. The Hall–Kier alpha value is -5.95. The quantitative estimate of drug-likeness (QED) is 0.170. The predicted molar refractivity (Wildman–Crippen MR) is 220 cm³/mol. The summed E-state index contributed by atoms with van der Waals surface area (Å²) in [5, 5.41) is 7.35. The maximum Gasteiger partial charge on any atom is 0.174 e. The summed E-state index contributed by atoms with van der Waals surface area (Å²) >= 11 is 0. The fourth-order valence-electron chi connectivity index (χ4n) is 9.44. The molecule has 9 aromatic rings. The van der Waals surface area contributed by atoms with E-state index < -0.39 is 7.14 Å². The Kier molecular flexibility index (Phi) is 6.03. The minimum Gasteiger partial charge on any atom is -0.309 e. The van der Waals surface area contributed by atoms with Crippen LogP contribution in [-0.2, 0) is 9.98 Å². The van der Waals surface area contributed by atoms with Gasteiger partial charge >= 0.3 is 0 Å². The van der Waals surface area contributed by atoms with E-state index in [0.29, 0.717) is 0 Å². The lowest BCUT2D eigenvalue weighted by molar-refractivity contribution is 0.593. The highest BCUT2D eigenvalue weighted by molar-refractivity contribution is 7.86. The number of rotatable bonds is 3. The van der Waals surface area contributed by atoms with Crippen molar-refractivity contribution in [3.8, 4) is 39.1 Å². The van der Waals surface area contributed by atoms with Crippen molar-refractivity contribution < 1.29 is 4.57 Å². The minimum atomic E-state index is -3.23. The highest BCUT2D eigenvalue weighted by Crippen LogP contribution is 2.55. The molecule has 1 aromatic heterocycles. The van der Waals surface area contributed by atoms with Crippen molar-refractivity contribution in [2.45, 2.75) is 19.3 Å². The first-order valence-electron chi connectivity index (χ1n) is 18.1. The van der Waals surface area contributed by atoms with Crippen LogP contribution in [0.5, 0.6) is 0 Å². The lowest BCUT2D eigenvalue weighted by Crippen LogP contribution is -2.22. The molecule has 11 rings (SSSR count). The Morgan fingerprint density at radius 2 is 1.13 bits per heavy atom. The Balaban J connectivity index is 1.20. The van der Waals surface area contributed by atoms with Crippen LogP contribution in [0, 0.1) is 0 Å². The molecule has 246 valence electrons. The average molecular weight is 684 g/mol. The van der Waals surface area contributed by atoms with E-state index in [1.807, 2.05) is 36.4 Å². The SMILES string of the molecule is CC1(C)c2ccccc2-c2ccc(-c3cccc4c(-n5c6ccccc6c6ccc7c(c65)P(=O)(c5ccccc5)c5ccccc5-7)cccc34)cc21. The van der Waals surface area contributed by atoms with Crippen molar-refractivity contribution in [3.05, 3.63) is 181 Å². The largest absolute Gasteiger partial charge is 0.309 e. The summed E-state index contributed by atoms with van der Waals surface area (Å²) < 4.78 is 18.5. The first-order valence-corrected chi connectivity index (χ1v) is 19.8. The van der Waals surface area contributed by atoms with Crippen LogP contribution < -0.4 is 15.9 Å². The number of fused-ring (bicyclic) bond motifs is 11. The van der Waals surface area contributed by atoms with Gasteiger partial charge in [-0.3, -0.25) is 0 Å². The van der Waals surface area contributed by atoms with Gasteiger partial charge in [0.1, 0.15) is 0 Å². The van der Waals surface area contributed by atoms with Crippen molar-refractivity contribution in [3.63, 3.8) is 0 Å². The molecule has 2 aliphatic rings. The Morgan fingerprint density at radius 1 is 0.481 bits per heavy atom. The molecule has 1 unspecified atom stereocenters. The van der Waals surface area contributed by atoms with Gasteiger partial charge in [-0.25, -0.2) is 0 Å². The molecule has 3 heteroatoms. The maximum atomic E-state index is 16.1. The zero-order chi connectivity index (χ0) is 34.8. The van der Waals surface area contributed by atoms with Gasteiger partial charge in [0.25, 0.3) is 0 Å². The molecule has 0 spiro atoms. The zero-order valence-electron chi connectivity index (χ0n) is 29.0. The summed E-state index contributed by atoms with van der Waals surface area (Å²) in [5.41, 5.74) is 13.1. The van der Waals surface area contributed by atoms with Gasteiger partial charge in [-0.2, -0.15) is 0 Å². The number of hydrogen-bond acceptors (Lipinski definition) is 1. The Morgan fingerprint density at radius 3 is 2.02 bits per heavy atom. The third-order valence-corrected chi connectivity index (χ3v) is 15.0. The van der Waals surface area contributed by atoms with Crippen LogP contribution in [0.2, 0.25) is 0 Å². The third-order valence-electron chi connectivity index (χ3n) is 11.8. The third kappa shape index (κ3) is 3.78. The highest BCUT2D eigenvalue weighted by Gasteiger charge is 2.43. The Bertz CT molecular complexity index is 3020. The first kappa shape index (κ1) is 29.7. The van der Waals surface area contributed by atoms with Crippen molar-refractivity contribution in [2.75, 3.05) is 0 Å². The van der Waals surface area contributed by atoms with Crippen molar-refractivity contribution >= 4 is 55.6 Å². The molecule has 1 aliphatic heterocycles. The van der Waals surface area contributed by atoms with Crippen LogP contribution in [-0.4, -0.2) is 4.57 Å². The molecule has 0 fully saturated rings. The molecule has 0 amide bonds. The van der Waals surface area contributed by atoms with Crippen LogP contribution in [0.15, 0.2) is 170 Å². The molecular weight excluding hydrogens is 650 g/mol. The number of nitrogens with zero attached hydrogens (tertiary/aromatic N) is 1. The van der Waals surface area contributed by atoms with E-state index in [9.17, 15) is 0 Å². The van der Waals surface area contributed by atoms with Crippen LogP contribution >= 0.6 is 7.14 Å². The molecule has 0 saturated carbocycles. The standard InChI is InChI=1S/C49H34NOP/c1-49(2)42-22-9-6-16-35(42)36-27-26-31(30-43(36)49)33-19-12-21-37-34(33)20-13-24-45(37)50-44-23-10-7-17-38(44)40-28-29-41-39-18-8-11-25-46(39)52(51,48(41)47(40)50)32-14-4-3-5-15-32/h3-30H,1-2H3. The molecule has 1 atom stereocenters. The van der Waals surface area contributed by atoms with Gasteiger partial charge in [-0.1, -0.05) is 166 Å². The molecule has 0 saturated heterocycles. The summed E-state index contributed by atoms with van der Waals surface area (Å²) in [7, 11) is -3.23. The van der Waals surface area contributed by atoms with Crippen LogP contribution in [0.25, 0.3) is 71.6 Å². The molecule has 0 radical (unpaired) electrons. The lowest BCUT2D eigenvalue weighted by Gasteiger charge is -2.22. The monoisotopic (exact) mass is 683 g/mol. The molecule has 2 nitrogen and oxygen atoms in total. The zero-order valence-corrected chi connectivity index (χ0v) is 29.9. The summed E-state index contributed by atoms with van der Waals surface area (Å²) in [4.78, 5) is 0. The second kappa shape index (κ2) is 10.5. The molecule has 0 N–H and O–H groups in total. The molecule has 52 heavy (non-hydrogen) atoms. The number of benzene rings is 8. The molecule has 2 heterocycles. The number of aromatic nitrogens is 1. The topological polar surface area (TPSA) is 22.0 Å². The number of para-hydroxylation sites is 1. The van der Waals surface area contributed by atoms with E-state index in [4.69, 9.17) is 0 Å². The highest BCUT2D eigenvalue weighted by atomic mass is 31.2. The lowest BCUT2D eigenvalue weighted by atomic mass is 9.81. The maximum absolute atomic E-state index is 16.1. The summed E-state index contributed by atoms with van der Waals surface area (Å²) in [6.07, 6.45) is 0. The normalized spacial score (nSPS) is 16.6. The van der Waals surface area contributed by atoms with Gasteiger partial charge in [0.15, 0.2) is 7.14 Å². The van der Waals surface area contributed by atoms with Gasteiger partial charge in [0, 0.05) is 32.2 Å². The summed E-state index contributed by atoms with van der Waals surface area (Å²) in [5.74, 6) is 0. The summed E-state index contributed by atoms with van der Waals surface area (Å²) in [6.45, 7) is 4.69. The molecule has 8 aromatic carbocycles. The van der Waals surface area contributed by atoms with Crippen LogP contribution in [0.3, 0.4) is 0 Å². The van der Waals surface area contributed by atoms with Gasteiger partial charge < -0.3 is 9.13 Å². The minimum absolute atomic E-state index is 0.0781. The Labute approximate surface area is 303 Å². The van der Waals surface area contributed by atoms with E-state index in [2.05, 4.69) is 152 Å². The van der Waals surface area contributed by atoms with Crippen molar-refractivity contribution in [2.24, 2.45) is 0 Å². The summed E-state index contributed by atoms with van der Waals surface area (Å²) in [6, 6.07) is 60.7. The van der Waals surface area contributed by atoms with E-state index in [1.165, 1.54) is 38.8 Å². The van der Waals surface area contributed by atoms with Gasteiger partial charge in [-0.15, -0.1) is 0 Å². The first-order chi connectivity index (χ1) is 25.5. The fraction of sp³-hybridized carbons (Fsp3) is 0.0612. The second-order valence-electron chi connectivity index (χ2n) is 14.8. The van der Waals surface area contributed by atoms with Crippen molar-refractivity contribution in [1.29, 1.82) is 0 Å². The van der Waals surface area contributed by atoms with E-state index in [1.54, 1.807) is 0 Å². The van der Waals surface area contributed by atoms with E-state index in [-0.39, 0.29) is 5.41 Å². The van der Waals surface area contributed by atoms with Gasteiger partial charge in [0.05, 0.1) is 22.0 Å². The molecule has 0 bridgehead atoms. The second-order valence-corrected chi connectivity index (χ2v) is 17.4. The average Bonchev–Trinajstić information content (AvgIpc) is 3.76. The van der Waals surface area contributed by atoms with E-state index >= 15 is 4.57 Å². The van der Waals surface area contributed by atoms with Gasteiger partial charge in [0.2, 0.25) is 0 Å². The molecular formula is C49H34NOP.